The second-order valence-electron chi connectivity index (χ2n) is 9.70. The highest BCUT2D eigenvalue weighted by Gasteiger charge is 2.34. The number of hydrogen-bond acceptors (Lipinski definition) is 3. The fourth-order valence-electron chi connectivity index (χ4n) is 4.88. The Morgan fingerprint density at radius 1 is 0.821 bits per heavy atom. The molecular formula is C33H29N5S. The summed E-state index contributed by atoms with van der Waals surface area (Å²) in [5.74, 6) is 0. The molecule has 192 valence electrons. The maximum atomic E-state index is 5.95. The molecule has 4 aromatic carbocycles. The van der Waals surface area contributed by atoms with Gasteiger partial charge >= 0.3 is 0 Å². The molecule has 1 aromatic heterocycles. The quantitative estimate of drug-likeness (QED) is 0.240. The van der Waals surface area contributed by atoms with Gasteiger partial charge in [0.05, 0.1) is 23.1 Å². The number of thiocarbonyl (C=S) groups is 1. The summed E-state index contributed by atoms with van der Waals surface area (Å²) in [5.41, 5.74) is 8.59. The lowest BCUT2D eigenvalue weighted by molar-refractivity contribution is 0.364. The highest BCUT2D eigenvalue weighted by atomic mass is 32.1. The van der Waals surface area contributed by atoms with Crippen LogP contribution in [0.1, 0.15) is 34.7 Å². The molecule has 0 bridgehead atoms. The summed E-state index contributed by atoms with van der Waals surface area (Å²) >= 11 is 5.95. The summed E-state index contributed by atoms with van der Waals surface area (Å²) in [5, 5.41) is 16.2. The summed E-state index contributed by atoms with van der Waals surface area (Å²) in [6.45, 7) is 2.73. The van der Waals surface area contributed by atoms with Crippen molar-refractivity contribution in [1.82, 2.24) is 20.1 Å². The molecule has 39 heavy (non-hydrogen) atoms. The third kappa shape index (κ3) is 5.38. The molecule has 0 amide bonds. The van der Waals surface area contributed by atoms with Gasteiger partial charge in [-0.25, -0.2) is 9.69 Å². The number of nitrogens with one attached hydrogen (secondary N) is 1. The predicted molar refractivity (Wildman–Crippen MR) is 162 cm³/mol. The third-order valence-electron chi connectivity index (χ3n) is 6.96. The molecular weight excluding hydrogens is 498 g/mol. The van der Waals surface area contributed by atoms with Gasteiger partial charge in [0.1, 0.15) is 0 Å². The van der Waals surface area contributed by atoms with Crippen molar-refractivity contribution >= 4 is 23.0 Å². The van der Waals surface area contributed by atoms with Crippen LogP contribution >= 0.6 is 12.2 Å². The molecule has 0 radical (unpaired) electrons. The molecule has 0 aliphatic carbocycles. The van der Waals surface area contributed by atoms with Gasteiger partial charge in [0, 0.05) is 30.3 Å². The minimum atomic E-state index is -0.107. The van der Waals surface area contributed by atoms with E-state index in [1.807, 2.05) is 64.3 Å². The molecule has 1 atom stereocenters. The summed E-state index contributed by atoms with van der Waals surface area (Å²) in [7, 11) is 0. The Morgan fingerprint density at radius 3 is 2.15 bits per heavy atom. The van der Waals surface area contributed by atoms with Gasteiger partial charge < -0.3 is 5.32 Å². The van der Waals surface area contributed by atoms with Crippen molar-refractivity contribution in [2.24, 2.45) is 5.10 Å². The van der Waals surface area contributed by atoms with E-state index < -0.39 is 0 Å². The van der Waals surface area contributed by atoms with Gasteiger partial charge in [0.15, 0.2) is 5.11 Å². The zero-order chi connectivity index (χ0) is 26.6. The molecule has 1 aliphatic heterocycles. The van der Waals surface area contributed by atoms with Crippen LogP contribution in [0.3, 0.4) is 0 Å². The SMILES string of the molecule is Cc1ccc(-c2nn(-c3ccccc3)cc2[C@@H]2CC(c3ccccc3)=NN2C(=S)NCc2ccccc2)cc1. The van der Waals surface area contributed by atoms with E-state index in [-0.39, 0.29) is 6.04 Å². The molecule has 5 aromatic rings. The predicted octanol–water partition coefficient (Wildman–Crippen LogP) is 7.07. The van der Waals surface area contributed by atoms with E-state index in [9.17, 15) is 0 Å². The first-order chi connectivity index (χ1) is 19.2. The summed E-state index contributed by atoms with van der Waals surface area (Å²) in [4.78, 5) is 0. The molecule has 6 heteroatoms. The standard InChI is InChI=1S/C33H29N5S/c1-24-17-19-27(20-18-24)32-29(23-37(36-32)28-15-9-4-10-16-28)31-21-30(26-13-7-3-8-14-26)35-38(31)33(39)34-22-25-11-5-2-6-12-25/h2-20,23,31H,21-22H2,1H3,(H,34,39)/t31-/m0/s1. The van der Waals surface area contributed by atoms with E-state index in [1.165, 1.54) is 11.1 Å². The van der Waals surface area contributed by atoms with Crippen molar-refractivity contribution in [3.05, 3.63) is 144 Å². The lowest BCUT2D eigenvalue weighted by Crippen LogP contribution is -2.36. The number of nitrogens with zero attached hydrogens (tertiary/aromatic N) is 4. The minimum absolute atomic E-state index is 0.107. The van der Waals surface area contributed by atoms with E-state index in [0.29, 0.717) is 11.7 Å². The third-order valence-corrected chi connectivity index (χ3v) is 7.29. The summed E-state index contributed by atoms with van der Waals surface area (Å²) < 4.78 is 1.96. The van der Waals surface area contributed by atoms with Crippen LogP contribution in [0, 0.1) is 6.92 Å². The average molecular weight is 528 g/mol. The zero-order valence-electron chi connectivity index (χ0n) is 21.7. The van der Waals surface area contributed by atoms with Crippen LogP contribution in [0.2, 0.25) is 0 Å². The van der Waals surface area contributed by atoms with Crippen molar-refractivity contribution in [3.8, 4) is 16.9 Å². The van der Waals surface area contributed by atoms with E-state index in [4.69, 9.17) is 22.4 Å². The van der Waals surface area contributed by atoms with Crippen LogP contribution < -0.4 is 5.32 Å². The van der Waals surface area contributed by atoms with Gasteiger partial charge in [-0.15, -0.1) is 0 Å². The van der Waals surface area contributed by atoms with Crippen LogP contribution in [0.4, 0.5) is 0 Å². The molecule has 1 aliphatic rings. The number of para-hydroxylation sites is 1. The lowest BCUT2D eigenvalue weighted by Gasteiger charge is -2.24. The normalized spacial score (nSPS) is 14.7. The largest absolute Gasteiger partial charge is 0.357 e. The minimum Gasteiger partial charge on any atom is -0.357 e. The zero-order valence-corrected chi connectivity index (χ0v) is 22.6. The van der Waals surface area contributed by atoms with Crippen molar-refractivity contribution < 1.29 is 0 Å². The number of aryl methyl sites for hydroxylation is 1. The monoisotopic (exact) mass is 527 g/mol. The second kappa shape index (κ2) is 11.1. The van der Waals surface area contributed by atoms with Crippen LogP contribution in [0.25, 0.3) is 16.9 Å². The first-order valence-corrected chi connectivity index (χ1v) is 13.5. The second-order valence-corrected chi connectivity index (χ2v) is 10.1. The average Bonchev–Trinajstić information content (AvgIpc) is 3.63. The first kappa shape index (κ1) is 24.8. The summed E-state index contributed by atoms with van der Waals surface area (Å²) in [6, 6.07) is 39.3. The molecule has 0 spiro atoms. The molecule has 1 N–H and O–H groups in total. The van der Waals surface area contributed by atoms with Gasteiger partial charge in [-0.3, -0.25) is 0 Å². The Hall–Kier alpha value is -4.55. The first-order valence-electron chi connectivity index (χ1n) is 13.1. The van der Waals surface area contributed by atoms with E-state index >= 15 is 0 Å². The smallest absolute Gasteiger partial charge is 0.190 e. The van der Waals surface area contributed by atoms with Gasteiger partial charge in [0.2, 0.25) is 0 Å². The summed E-state index contributed by atoms with van der Waals surface area (Å²) in [6.07, 6.45) is 2.85. The Labute approximate surface area is 234 Å². The van der Waals surface area contributed by atoms with E-state index in [2.05, 4.69) is 79.1 Å². The molecule has 5 nitrogen and oxygen atoms in total. The van der Waals surface area contributed by atoms with E-state index in [1.54, 1.807) is 0 Å². The van der Waals surface area contributed by atoms with Gasteiger partial charge in [0.25, 0.3) is 0 Å². The van der Waals surface area contributed by atoms with Gasteiger partial charge in [-0.05, 0) is 42.4 Å². The number of hydrogen-bond donors (Lipinski definition) is 1. The number of benzene rings is 4. The van der Waals surface area contributed by atoms with Crippen molar-refractivity contribution in [1.29, 1.82) is 0 Å². The van der Waals surface area contributed by atoms with Crippen molar-refractivity contribution in [2.75, 3.05) is 0 Å². The van der Waals surface area contributed by atoms with Gasteiger partial charge in [-0.2, -0.15) is 10.2 Å². The highest BCUT2D eigenvalue weighted by Crippen LogP contribution is 2.38. The lowest BCUT2D eigenvalue weighted by atomic mass is 9.96. The molecule has 6 rings (SSSR count). The van der Waals surface area contributed by atoms with Crippen LogP contribution in [-0.2, 0) is 6.54 Å². The highest BCUT2D eigenvalue weighted by molar-refractivity contribution is 7.80. The van der Waals surface area contributed by atoms with Crippen molar-refractivity contribution in [3.63, 3.8) is 0 Å². The Bertz CT molecular complexity index is 1590. The molecule has 2 heterocycles. The van der Waals surface area contributed by atoms with Crippen LogP contribution in [-0.4, -0.2) is 25.6 Å². The Kier molecular flexibility index (Phi) is 7.02. The molecule has 0 saturated carbocycles. The number of hydrazone groups is 1. The molecule has 0 unspecified atom stereocenters. The van der Waals surface area contributed by atoms with E-state index in [0.717, 1.165) is 40.2 Å². The van der Waals surface area contributed by atoms with Crippen LogP contribution in [0.5, 0.6) is 0 Å². The number of rotatable bonds is 6. The Balaban J connectivity index is 1.41. The molecule has 0 fully saturated rings. The van der Waals surface area contributed by atoms with Gasteiger partial charge in [-0.1, -0.05) is 109 Å². The van der Waals surface area contributed by atoms with Crippen LogP contribution in [0.15, 0.2) is 127 Å². The topological polar surface area (TPSA) is 45.5 Å². The maximum absolute atomic E-state index is 5.95. The fourth-order valence-corrected chi connectivity index (χ4v) is 5.12. The molecule has 0 saturated heterocycles. The fraction of sp³-hybridized carbons (Fsp3) is 0.121. The number of aromatic nitrogens is 2. The maximum Gasteiger partial charge on any atom is 0.190 e. The Morgan fingerprint density at radius 2 is 1.46 bits per heavy atom. The van der Waals surface area contributed by atoms with Crippen molar-refractivity contribution in [2.45, 2.75) is 25.9 Å².